The highest BCUT2D eigenvalue weighted by Crippen LogP contribution is 2.36. The molecular weight excluding hydrogens is 384 g/mol. The summed E-state index contributed by atoms with van der Waals surface area (Å²) in [6.45, 7) is 0. The molecule has 0 amide bonds. The molecule has 134 valence electrons. The van der Waals surface area contributed by atoms with E-state index in [1.165, 1.54) is 23.1 Å². The Hall–Kier alpha value is -2.09. The number of nitrogens with one attached hydrogen (secondary N) is 1. The van der Waals surface area contributed by atoms with Gasteiger partial charge in [0.15, 0.2) is 0 Å². The van der Waals surface area contributed by atoms with Crippen molar-refractivity contribution in [1.82, 2.24) is 0 Å². The van der Waals surface area contributed by atoms with Crippen molar-refractivity contribution in [2.45, 2.75) is 14.0 Å². The molecule has 0 aliphatic rings. The van der Waals surface area contributed by atoms with E-state index in [2.05, 4.69) is 0 Å². The summed E-state index contributed by atoms with van der Waals surface area (Å²) in [5.41, 5.74) is 7.58. The van der Waals surface area contributed by atoms with E-state index in [9.17, 15) is 4.21 Å². The third-order valence-electron chi connectivity index (χ3n) is 3.75. The van der Waals surface area contributed by atoms with E-state index in [1.54, 1.807) is 19.2 Å². The number of rotatable bonds is 6. The van der Waals surface area contributed by atoms with E-state index in [0.717, 1.165) is 15.3 Å². The average molecular weight is 403 g/mol. The first-order chi connectivity index (χ1) is 12.5. The Bertz CT molecular complexity index is 968. The van der Waals surface area contributed by atoms with Gasteiger partial charge in [0.1, 0.15) is 11.6 Å². The van der Waals surface area contributed by atoms with Crippen LogP contribution in [0.15, 0.2) is 68.6 Å². The van der Waals surface area contributed by atoms with Crippen LogP contribution in [0.5, 0.6) is 5.75 Å². The van der Waals surface area contributed by atoms with Crippen molar-refractivity contribution in [3.05, 3.63) is 59.5 Å². The van der Waals surface area contributed by atoms with E-state index in [0.29, 0.717) is 20.4 Å². The number of benzene rings is 2. The SMILES string of the molecule is COc1cc(-c2ccccc2)cc(S(=O)c2cc(C(=N)N)sc2SC)c1. The van der Waals surface area contributed by atoms with Crippen molar-refractivity contribution in [1.29, 1.82) is 5.41 Å². The first-order valence-corrected chi connectivity index (χ1v) is 10.9. The third kappa shape index (κ3) is 3.85. The molecule has 1 heterocycles. The third-order valence-corrected chi connectivity index (χ3v) is 7.70. The van der Waals surface area contributed by atoms with Crippen LogP contribution in [0, 0.1) is 5.41 Å². The quantitative estimate of drug-likeness (QED) is 0.359. The second-order valence-electron chi connectivity index (χ2n) is 5.41. The smallest absolute Gasteiger partial charge is 0.133 e. The van der Waals surface area contributed by atoms with Gasteiger partial charge in [-0.1, -0.05) is 30.3 Å². The maximum absolute atomic E-state index is 13.3. The van der Waals surface area contributed by atoms with Gasteiger partial charge in [0.25, 0.3) is 0 Å². The molecule has 7 heteroatoms. The minimum Gasteiger partial charge on any atom is -0.497 e. The molecule has 0 spiro atoms. The van der Waals surface area contributed by atoms with Gasteiger partial charge in [0.05, 0.1) is 31.9 Å². The highest BCUT2D eigenvalue weighted by atomic mass is 32.2. The zero-order valence-electron chi connectivity index (χ0n) is 14.3. The number of methoxy groups -OCH3 is 1. The van der Waals surface area contributed by atoms with Crippen LogP contribution < -0.4 is 10.5 Å². The van der Waals surface area contributed by atoms with Crippen molar-refractivity contribution in [2.75, 3.05) is 13.4 Å². The molecule has 0 saturated carbocycles. The second kappa shape index (κ2) is 8.07. The predicted molar refractivity (Wildman–Crippen MR) is 110 cm³/mol. The Labute approximate surface area is 163 Å². The number of hydrogen-bond acceptors (Lipinski definition) is 5. The Morgan fingerprint density at radius 3 is 2.50 bits per heavy atom. The summed E-state index contributed by atoms with van der Waals surface area (Å²) in [4.78, 5) is 1.97. The van der Waals surface area contributed by atoms with Crippen LogP contribution in [0.25, 0.3) is 11.1 Å². The van der Waals surface area contributed by atoms with Crippen molar-refractivity contribution < 1.29 is 8.95 Å². The van der Waals surface area contributed by atoms with Crippen LogP contribution in [0.3, 0.4) is 0 Å². The van der Waals surface area contributed by atoms with E-state index in [4.69, 9.17) is 15.9 Å². The molecule has 0 radical (unpaired) electrons. The van der Waals surface area contributed by atoms with Crippen LogP contribution in [-0.2, 0) is 10.8 Å². The maximum Gasteiger partial charge on any atom is 0.133 e. The van der Waals surface area contributed by atoms with Crippen LogP contribution in [0.2, 0.25) is 0 Å². The van der Waals surface area contributed by atoms with Gasteiger partial charge in [-0.25, -0.2) is 4.21 Å². The zero-order valence-corrected chi connectivity index (χ0v) is 16.8. The monoisotopic (exact) mass is 402 g/mol. The molecule has 3 aromatic rings. The average Bonchev–Trinajstić information content (AvgIpc) is 3.12. The Morgan fingerprint density at radius 1 is 1.15 bits per heavy atom. The van der Waals surface area contributed by atoms with Crippen LogP contribution in [0.4, 0.5) is 0 Å². The molecule has 4 nitrogen and oxygen atoms in total. The van der Waals surface area contributed by atoms with Gasteiger partial charge in [-0.3, -0.25) is 5.41 Å². The number of thiophene rings is 1. The van der Waals surface area contributed by atoms with Crippen molar-refractivity contribution in [3.63, 3.8) is 0 Å². The van der Waals surface area contributed by atoms with Gasteiger partial charge in [0.2, 0.25) is 0 Å². The summed E-state index contributed by atoms with van der Waals surface area (Å²) in [7, 11) is 0.207. The van der Waals surface area contributed by atoms with Crippen molar-refractivity contribution in [2.24, 2.45) is 5.73 Å². The fourth-order valence-corrected chi connectivity index (χ4v) is 5.98. The van der Waals surface area contributed by atoms with Crippen LogP contribution in [-0.4, -0.2) is 23.4 Å². The van der Waals surface area contributed by atoms with E-state index < -0.39 is 10.8 Å². The zero-order chi connectivity index (χ0) is 18.7. The molecule has 2 aromatic carbocycles. The van der Waals surface area contributed by atoms with Crippen molar-refractivity contribution in [3.8, 4) is 16.9 Å². The first kappa shape index (κ1) is 18.7. The number of hydrogen-bond donors (Lipinski definition) is 2. The minimum atomic E-state index is -1.39. The molecule has 0 saturated heterocycles. The number of nitrogens with two attached hydrogens (primary N) is 1. The van der Waals surface area contributed by atoms with Gasteiger partial charge in [0, 0.05) is 4.90 Å². The molecule has 3 N–H and O–H groups in total. The first-order valence-electron chi connectivity index (χ1n) is 7.72. The highest BCUT2D eigenvalue weighted by molar-refractivity contribution is 8.01. The molecule has 0 aliphatic carbocycles. The standard InChI is InChI=1S/C19H18N2O2S3/c1-23-14-8-13(12-6-4-3-5-7-12)9-15(10-14)26(22)17-11-16(18(20)21)25-19(17)24-2/h3-11H,1-2H3,(H3,20,21). The van der Waals surface area contributed by atoms with Gasteiger partial charge in [-0.05, 0) is 41.6 Å². The summed E-state index contributed by atoms with van der Waals surface area (Å²) in [5, 5.41) is 7.64. The summed E-state index contributed by atoms with van der Waals surface area (Å²) >= 11 is 2.90. The molecule has 26 heavy (non-hydrogen) atoms. The summed E-state index contributed by atoms with van der Waals surface area (Å²) in [6.07, 6.45) is 1.93. The summed E-state index contributed by atoms with van der Waals surface area (Å²) in [6, 6.07) is 17.3. The fourth-order valence-electron chi connectivity index (χ4n) is 2.48. The molecule has 0 aliphatic heterocycles. The molecule has 0 bridgehead atoms. The molecular formula is C19H18N2O2S3. The lowest BCUT2D eigenvalue weighted by molar-refractivity contribution is 0.414. The normalized spacial score (nSPS) is 11.9. The van der Waals surface area contributed by atoms with Gasteiger partial charge < -0.3 is 10.5 Å². The lowest BCUT2D eigenvalue weighted by Gasteiger charge is -2.09. The molecule has 1 aromatic heterocycles. The Morgan fingerprint density at radius 2 is 1.88 bits per heavy atom. The fraction of sp³-hybridized carbons (Fsp3) is 0.105. The van der Waals surface area contributed by atoms with Gasteiger partial charge in [-0.2, -0.15) is 0 Å². The van der Waals surface area contributed by atoms with Crippen LogP contribution in [0.1, 0.15) is 4.88 Å². The summed E-state index contributed by atoms with van der Waals surface area (Å²) < 4.78 is 19.6. The molecule has 0 fully saturated rings. The molecule has 3 rings (SSSR count). The topological polar surface area (TPSA) is 76.2 Å². The Kier molecular flexibility index (Phi) is 5.80. The van der Waals surface area contributed by atoms with Gasteiger partial charge >= 0.3 is 0 Å². The second-order valence-corrected chi connectivity index (χ2v) is 8.99. The van der Waals surface area contributed by atoms with E-state index in [-0.39, 0.29) is 5.84 Å². The minimum absolute atomic E-state index is 0.0100. The summed E-state index contributed by atoms with van der Waals surface area (Å²) in [5.74, 6) is 0.645. The van der Waals surface area contributed by atoms with Crippen molar-refractivity contribution >= 4 is 39.7 Å². The molecule has 1 unspecified atom stereocenters. The van der Waals surface area contributed by atoms with E-state index in [1.807, 2.05) is 48.7 Å². The lowest BCUT2D eigenvalue weighted by Crippen LogP contribution is -2.08. The van der Waals surface area contributed by atoms with Crippen LogP contribution >= 0.6 is 23.1 Å². The van der Waals surface area contributed by atoms with E-state index >= 15 is 0 Å². The molecule has 1 atom stereocenters. The van der Waals surface area contributed by atoms with Gasteiger partial charge in [-0.15, -0.1) is 23.1 Å². The number of nitrogen functional groups attached to an aromatic ring is 1. The maximum atomic E-state index is 13.3. The number of ether oxygens (including phenoxy) is 1. The number of thioether (sulfide) groups is 1. The number of amidine groups is 1. The largest absolute Gasteiger partial charge is 0.497 e. The lowest BCUT2D eigenvalue weighted by atomic mass is 10.1. The Balaban J connectivity index is 2.09. The highest BCUT2D eigenvalue weighted by Gasteiger charge is 2.19. The predicted octanol–water partition coefficient (Wildman–Crippen LogP) is 4.60.